The zero-order valence-electron chi connectivity index (χ0n) is 10.5. The van der Waals surface area contributed by atoms with Crippen LogP contribution >= 0.6 is 0 Å². The van der Waals surface area contributed by atoms with Crippen LogP contribution in [0.2, 0.25) is 0 Å². The molecule has 0 spiro atoms. The van der Waals surface area contributed by atoms with E-state index in [1.54, 1.807) is 27.7 Å². The highest BCUT2D eigenvalue weighted by Gasteiger charge is 2.26. The smallest absolute Gasteiger partial charge is 0.407 e. The van der Waals surface area contributed by atoms with Crippen LogP contribution in [0.4, 0.5) is 4.79 Å². The number of aliphatic hydroxyl groups is 1. The molecule has 1 atom stereocenters. The molecule has 0 fully saturated rings. The second-order valence-corrected chi connectivity index (χ2v) is 5.37. The van der Waals surface area contributed by atoms with Gasteiger partial charge in [0.2, 0.25) is 0 Å². The Labute approximate surface area is 92.0 Å². The minimum absolute atomic E-state index is 0.0763. The van der Waals surface area contributed by atoms with Gasteiger partial charge in [-0.25, -0.2) is 4.79 Å². The van der Waals surface area contributed by atoms with Gasteiger partial charge in [0.15, 0.2) is 0 Å². The van der Waals surface area contributed by atoms with Crippen molar-refractivity contribution in [1.29, 1.82) is 0 Å². The Bertz CT molecular complexity index is 216. The molecule has 1 amide bonds. The third-order valence-electron chi connectivity index (χ3n) is 2.23. The van der Waals surface area contributed by atoms with Crippen molar-refractivity contribution in [3.63, 3.8) is 0 Å². The van der Waals surface area contributed by atoms with Gasteiger partial charge in [-0.1, -0.05) is 13.8 Å². The van der Waals surface area contributed by atoms with Gasteiger partial charge in [-0.2, -0.15) is 0 Å². The van der Waals surface area contributed by atoms with E-state index in [0.29, 0.717) is 0 Å². The standard InChI is InChI=1S/C11H23NO3/c1-8(2)11(6,14)7-12-9(13)15-10(3,4)5/h8,14H,7H2,1-6H3,(H,12,13). The van der Waals surface area contributed by atoms with Gasteiger partial charge in [0, 0.05) is 6.54 Å². The van der Waals surface area contributed by atoms with Crippen molar-refractivity contribution in [2.24, 2.45) is 5.92 Å². The van der Waals surface area contributed by atoms with E-state index in [2.05, 4.69) is 5.32 Å². The van der Waals surface area contributed by atoms with Crippen molar-refractivity contribution >= 4 is 6.09 Å². The largest absolute Gasteiger partial charge is 0.444 e. The van der Waals surface area contributed by atoms with E-state index in [1.165, 1.54) is 0 Å². The summed E-state index contributed by atoms with van der Waals surface area (Å²) in [5, 5.41) is 12.4. The quantitative estimate of drug-likeness (QED) is 0.759. The van der Waals surface area contributed by atoms with E-state index in [4.69, 9.17) is 4.74 Å². The topological polar surface area (TPSA) is 58.6 Å². The second-order valence-electron chi connectivity index (χ2n) is 5.37. The summed E-state index contributed by atoms with van der Waals surface area (Å²) in [5.41, 5.74) is -1.41. The lowest BCUT2D eigenvalue weighted by Gasteiger charge is -2.28. The monoisotopic (exact) mass is 217 g/mol. The third-order valence-corrected chi connectivity index (χ3v) is 2.23. The van der Waals surface area contributed by atoms with Crippen LogP contribution in [0.25, 0.3) is 0 Å². The number of alkyl carbamates (subject to hydrolysis) is 1. The zero-order valence-corrected chi connectivity index (χ0v) is 10.5. The number of nitrogens with one attached hydrogen (secondary N) is 1. The lowest BCUT2D eigenvalue weighted by Crippen LogP contribution is -2.45. The SMILES string of the molecule is CC(C)C(C)(O)CNC(=O)OC(C)(C)C. The Morgan fingerprint density at radius 1 is 1.33 bits per heavy atom. The fourth-order valence-electron chi connectivity index (χ4n) is 0.769. The van der Waals surface area contributed by atoms with Crippen LogP contribution in [0, 0.1) is 5.92 Å². The minimum Gasteiger partial charge on any atom is -0.444 e. The molecule has 0 aliphatic carbocycles. The summed E-state index contributed by atoms with van der Waals surface area (Å²) < 4.78 is 5.05. The van der Waals surface area contributed by atoms with Crippen LogP contribution in [-0.4, -0.2) is 28.9 Å². The number of hydrogen-bond donors (Lipinski definition) is 2. The van der Waals surface area contributed by atoms with Crippen molar-refractivity contribution in [3.8, 4) is 0 Å². The molecule has 0 aliphatic heterocycles. The van der Waals surface area contributed by atoms with Crippen molar-refractivity contribution in [3.05, 3.63) is 0 Å². The van der Waals surface area contributed by atoms with Gasteiger partial charge in [-0.15, -0.1) is 0 Å². The molecule has 0 aromatic rings. The highest BCUT2D eigenvalue weighted by Crippen LogP contribution is 2.14. The van der Waals surface area contributed by atoms with Gasteiger partial charge in [0.05, 0.1) is 5.60 Å². The molecular formula is C11H23NO3. The van der Waals surface area contributed by atoms with Crippen LogP contribution < -0.4 is 5.32 Å². The predicted molar refractivity (Wildman–Crippen MR) is 59.7 cm³/mol. The first-order valence-electron chi connectivity index (χ1n) is 5.24. The number of rotatable bonds is 3. The summed E-state index contributed by atoms with van der Waals surface area (Å²) in [5.74, 6) is 0.0763. The molecule has 0 radical (unpaired) electrons. The fraction of sp³-hybridized carbons (Fsp3) is 0.909. The molecular weight excluding hydrogens is 194 g/mol. The fourth-order valence-corrected chi connectivity index (χ4v) is 0.769. The Balaban J connectivity index is 4.02. The molecule has 0 aromatic heterocycles. The molecule has 1 unspecified atom stereocenters. The molecule has 15 heavy (non-hydrogen) atoms. The maximum atomic E-state index is 11.3. The second kappa shape index (κ2) is 4.84. The van der Waals surface area contributed by atoms with Crippen LogP contribution in [0.15, 0.2) is 0 Å². The van der Waals surface area contributed by atoms with Crippen molar-refractivity contribution < 1.29 is 14.6 Å². The Morgan fingerprint density at radius 2 is 1.80 bits per heavy atom. The van der Waals surface area contributed by atoms with E-state index in [0.717, 1.165) is 0 Å². The zero-order chi connectivity index (χ0) is 12.3. The van der Waals surface area contributed by atoms with Crippen LogP contribution in [-0.2, 0) is 4.74 Å². The number of ether oxygens (including phenoxy) is 1. The van der Waals surface area contributed by atoms with Crippen LogP contribution in [0.1, 0.15) is 41.5 Å². The van der Waals surface area contributed by atoms with Gasteiger partial charge < -0.3 is 15.2 Å². The third kappa shape index (κ3) is 6.33. The van der Waals surface area contributed by atoms with Crippen molar-refractivity contribution in [2.45, 2.75) is 52.7 Å². The first-order chi connectivity index (χ1) is 6.54. The Morgan fingerprint density at radius 3 is 2.13 bits per heavy atom. The molecule has 0 aromatic carbocycles. The predicted octanol–water partition coefficient (Wildman–Crippen LogP) is 1.92. The number of hydrogen-bond acceptors (Lipinski definition) is 3. The summed E-state index contributed by atoms with van der Waals surface area (Å²) in [4.78, 5) is 11.3. The number of carbonyl (C=O) groups is 1. The molecule has 0 saturated heterocycles. The van der Waals surface area contributed by atoms with E-state index in [-0.39, 0.29) is 12.5 Å². The number of carbonyl (C=O) groups excluding carboxylic acids is 1. The maximum absolute atomic E-state index is 11.3. The summed E-state index contributed by atoms with van der Waals surface area (Å²) in [6, 6.07) is 0. The highest BCUT2D eigenvalue weighted by molar-refractivity contribution is 5.67. The summed E-state index contributed by atoms with van der Waals surface area (Å²) in [7, 11) is 0. The molecule has 0 rings (SSSR count). The molecule has 2 N–H and O–H groups in total. The Kier molecular flexibility index (Phi) is 4.59. The molecule has 90 valence electrons. The van der Waals surface area contributed by atoms with Crippen molar-refractivity contribution in [2.75, 3.05) is 6.54 Å². The average molecular weight is 217 g/mol. The van der Waals surface area contributed by atoms with Gasteiger partial charge in [0.25, 0.3) is 0 Å². The van der Waals surface area contributed by atoms with Gasteiger partial charge in [-0.05, 0) is 33.6 Å². The van der Waals surface area contributed by atoms with E-state index >= 15 is 0 Å². The summed E-state index contributed by atoms with van der Waals surface area (Å²) in [6.07, 6.45) is -0.497. The van der Waals surface area contributed by atoms with Gasteiger partial charge in [0.1, 0.15) is 5.60 Å². The van der Waals surface area contributed by atoms with Crippen LogP contribution in [0.3, 0.4) is 0 Å². The molecule has 4 heteroatoms. The van der Waals surface area contributed by atoms with E-state index in [1.807, 2.05) is 13.8 Å². The highest BCUT2D eigenvalue weighted by atomic mass is 16.6. The van der Waals surface area contributed by atoms with Gasteiger partial charge >= 0.3 is 6.09 Å². The molecule has 0 bridgehead atoms. The average Bonchev–Trinajstić information content (AvgIpc) is 1.97. The molecule has 0 heterocycles. The first kappa shape index (κ1) is 14.2. The van der Waals surface area contributed by atoms with Gasteiger partial charge in [-0.3, -0.25) is 0 Å². The summed E-state index contributed by atoms with van der Waals surface area (Å²) in [6.45, 7) is 11.1. The minimum atomic E-state index is -0.906. The lowest BCUT2D eigenvalue weighted by atomic mass is 9.93. The van der Waals surface area contributed by atoms with Crippen molar-refractivity contribution in [1.82, 2.24) is 5.32 Å². The molecule has 4 nitrogen and oxygen atoms in total. The molecule has 0 aliphatic rings. The summed E-state index contributed by atoms with van der Waals surface area (Å²) >= 11 is 0. The lowest BCUT2D eigenvalue weighted by molar-refractivity contribution is 0.00604. The maximum Gasteiger partial charge on any atom is 0.407 e. The van der Waals surface area contributed by atoms with E-state index in [9.17, 15) is 9.90 Å². The van der Waals surface area contributed by atoms with E-state index < -0.39 is 17.3 Å². The number of amides is 1. The van der Waals surface area contributed by atoms with Crippen LogP contribution in [0.5, 0.6) is 0 Å². The normalized spacial score (nSPS) is 16.0. The molecule has 0 saturated carbocycles. The first-order valence-corrected chi connectivity index (χ1v) is 5.24. The Hall–Kier alpha value is -0.770.